The minimum atomic E-state index is -1.80. The van der Waals surface area contributed by atoms with E-state index in [9.17, 15) is 12.3 Å². The summed E-state index contributed by atoms with van der Waals surface area (Å²) in [4.78, 5) is 9.28. The summed E-state index contributed by atoms with van der Waals surface area (Å²) in [5.74, 6) is -1.14. The number of nitrogens with zero attached hydrogens (tertiary/aromatic N) is 3. The van der Waals surface area contributed by atoms with Crippen molar-refractivity contribution in [3.63, 3.8) is 0 Å². The van der Waals surface area contributed by atoms with Gasteiger partial charge in [-0.2, -0.15) is 0 Å². The number of benzene rings is 7. The number of fused-ring (bicyclic) bond motifs is 7. The van der Waals surface area contributed by atoms with Crippen LogP contribution in [0, 0.1) is 0 Å². The van der Waals surface area contributed by atoms with E-state index in [0.29, 0.717) is 0 Å². The van der Waals surface area contributed by atoms with Gasteiger partial charge in [0.05, 0.1) is 55.5 Å². The summed E-state index contributed by atoms with van der Waals surface area (Å²) in [6.45, 7) is 0. The van der Waals surface area contributed by atoms with Crippen LogP contribution in [0.25, 0.3) is 64.2 Å². The van der Waals surface area contributed by atoms with E-state index in [1.54, 1.807) is 0 Å². The predicted octanol–water partition coefficient (Wildman–Crippen LogP) is 12.3. The summed E-state index contributed by atoms with van der Waals surface area (Å²) in [6.07, 6.45) is -0.727. The number of rotatable bonds is 4. The molecule has 3 heterocycles. The van der Waals surface area contributed by atoms with Gasteiger partial charge in [0.25, 0.3) is 0 Å². The SMILES string of the molecule is [2H]c1c([2H])c([2H])c(C2=NC(c3c([2H])c([2H])c(-c4c([2H])c([2H])c([2H])c(-c5c([2H])c([2H])c([2H])c([2H])c5[2H])c4[2H])c([2H])c3[2H])CC(n3c4c([2H])c([2H])c([2H])c([2H])c4c4c([2H])c([2H])c5sc6c([2H])c([2H])c([2H])c([2H])c6c5c43)=N2)c([2H])c1[2H]. The van der Waals surface area contributed by atoms with Gasteiger partial charge >= 0.3 is 0 Å². The number of thiophene rings is 1. The van der Waals surface area contributed by atoms with Gasteiger partial charge in [-0.25, -0.2) is 4.99 Å². The molecule has 0 saturated carbocycles. The number of para-hydroxylation sites is 1. The molecule has 0 radical (unpaired) electrons. The molecular formula is C46H31N3S. The highest BCUT2D eigenvalue weighted by molar-refractivity contribution is 7.26. The lowest BCUT2D eigenvalue weighted by molar-refractivity contribution is 0.741. The Morgan fingerprint density at radius 1 is 0.540 bits per heavy atom. The largest absolute Gasteiger partial charge is 0.296 e. The Morgan fingerprint density at radius 2 is 1.18 bits per heavy atom. The fourth-order valence-electron chi connectivity index (χ4n) is 5.80. The van der Waals surface area contributed by atoms with Crippen molar-refractivity contribution in [1.29, 1.82) is 0 Å². The van der Waals surface area contributed by atoms with E-state index in [0.717, 1.165) is 15.9 Å². The highest BCUT2D eigenvalue weighted by atomic mass is 32.1. The van der Waals surface area contributed by atoms with Gasteiger partial charge in [-0.05, 0) is 52.0 Å². The van der Waals surface area contributed by atoms with E-state index in [1.165, 1.54) is 0 Å². The molecule has 2 aromatic heterocycles. The van der Waals surface area contributed by atoms with Crippen molar-refractivity contribution in [3.8, 4) is 22.3 Å². The highest BCUT2D eigenvalue weighted by Gasteiger charge is 2.26. The van der Waals surface area contributed by atoms with E-state index in [2.05, 4.69) is 9.98 Å². The average molecular weight is 686 g/mol. The molecule has 4 heteroatoms. The average Bonchev–Trinajstić information content (AvgIpc) is 3.81. The number of aliphatic imine (C=N–C) groups is 2. The van der Waals surface area contributed by atoms with Gasteiger partial charge in [-0.3, -0.25) is 9.56 Å². The number of aromatic nitrogens is 1. The van der Waals surface area contributed by atoms with E-state index >= 15 is 0 Å². The van der Waals surface area contributed by atoms with Gasteiger partial charge in [0.1, 0.15) is 5.84 Å². The van der Waals surface area contributed by atoms with Crippen LogP contribution in [0.15, 0.2) is 179 Å². The first-order chi connectivity index (χ1) is 36.4. The molecule has 50 heavy (non-hydrogen) atoms. The van der Waals surface area contributed by atoms with Crippen molar-refractivity contribution >= 4 is 65.0 Å². The molecule has 3 nitrogen and oxygen atoms in total. The zero-order chi connectivity index (χ0) is 57.4. The van der Waals surface area contributed by atoms with E-state index in [1.807, 2.05) is 0 Å². The summed E-state index contributed by atoms with van der Waals surface area (Å²) in [5.41, 5.74) is -5.08. The third-order valence-electron chi connectivity index (χ3n) is 7.95. The number of hydrogen-bond donors (Lipinski definition) is 0. The zero-order valence-corrected chi connectivity index (χ0v) is 25.9. The second kappa shape index (κ2) is 11.8. The Bertz CT molecular complexity index is 4320. The Labute approximate surface area is 333 Å². The molecule has 0 amide bonds. The minimum Gasteiger partial charge on any atom is -0.296 e. The number of amidine groups is 1. The van der Waals surface area contributed by atoms with Crippen LogP contribution in [0.3, 0.4) is 0 Å². The molecule has 10 rings (SSSR count). The molecule has 7 aromatic carbocycles. The standard InChI is InChI=1S/C46H31N3S/c1-3-12-30(13-4-1)34-16-11-17-35(28-34)31-22-24-32(25-23-31)39-29-43(48-46(47-39)33-14-5-2-6-15-33)49-40-20-9-7-18-36(40)37-26-27-42-44(45(37)49)38-19-8-10-21-41(38)50-42/h1-28,39H,29H2/i1D,2D,3D,4D,5D,6D,7D,8D,9D,10D,11D,12D,13D,14D,15D,16D,17D,18D,19D,20D,21D,22D,23D,24D,25D,26D,27D,28D. The van der Waals surface area contributed by atoms with Gasteiger partial charge in [0, 0.05) is 42.9 Å². The molecule has 1 unspecified atom stereocenters. The summed E-state index contributed by atoms with van der Waals surface area (Å²) in [7, 11) is 0. The molecule has 0 fully saturated rings. The van der Waals surface area contributed by atoms with Gasteiger partial charge in [0.2, 0.25) is 0 Å². The Kier molecular flexibility index (Phi) is 2.91. The van der Waals surface area contributed by atoms with Crippen molar-refractivity contribution in [2.45, 2.75) is 12.5 Å². The van der Waals surface area contributed by atoms with Crippen LogP contribution < -0.4 is 0 Å². The van der Waals surface area contributed by atoms with Crippen molar-refractivity contribution in [3.05, 3.63) is 180 Å². The van der Waals surface area contributed by atoms with E-state index < -0.39 is 232 Å². The van der Waals surface area contributed by atoms with Crippen LogP contribution in [0.5, 0.6) is 0 Å². The topological polar surface area (TPSA) is 29.6 Å². The lowest BCUT2D eigenvalue weighted by Crippen LogP contribution is -2.22. The second-order valence-corrected chi connectivity index (χ2v) is 11.8. The summed E-state index contributed by atoms with van der Waals surface area (Å²) in [6, 6.07) is -25.0. The maximum Gasteiger partial charge on any atom is 0.157 e. The highest BCUT2D eigenvalue weighted by Crippen LogP contribution is 2.43. The summed E-state index contributed by atoms with van der Waals surface area (Å²) in [5, 5.41) is -1.02. The zero-order valence-electron chi connectivity index (χ0n) is 53.0. The van der Waals surface area contributed by atoms with Crippen molar-refractivity contribution < 1.29 is 38.4 Å². The van der Waals surface area contributed by atoms with Crippen LogP contribution in [0.2, 0.25) is 0 Å². The van der Waals surface area contributed by atoms with Crippen LogP contribution >= 0.6 is 11.3 Å². The molecule has 1 aliphatic heterocycles. The lowest BCUT2D eigenvalue weighted by Gasteiger charge is -2.23. The second-order valence-electron chi connectivity index (χ2n) is 10.8. The normalized spacial score (nSPS) is 22.6. The maximum atomic E-state index is 9.52. The van der Waals surface area contributed by atoms with Gasteiger partial charge in [-0.1, -0.05) is 145 Å². The molecule has 0 spiro atoms. The first-order valence-corrected chi connectivity index (χ1v) is 15.6. The quantitative estimate of drug-likeness (QED) is 0.176. The van der Waals surface area contributed by atoms with E-state index in [4.69, 9.17) is 26.0 Å². The smallest absolute Gasteiger partial charge is 0.157 e. The summed E-state index contributed by atoms with van der Waals surface area (Å²) < 4.78 is 249. The van der Waals surface area contributed by atoms with Gasteiger partial charge in [-0.15, -0.1) is 11.3 Å². The van der Waals surface area contributed by atoms with Gasteiger partial charge < -0.3 is 0 Å². The van der Waals surface area contributed by atoms with Crippen molar-refractivity contribution in [2.75, 3.05) is 0 Å². The molecule has 1 aliphatic rings. The third-order valence-corrected chi connectivity index (χ3v) is 8.97. The predicted molar refractivity (Wildman–Crippen MR) is 213 cm³/mol. The minimum absolute atomic E-state index is 0.0802. The van der Waals surface area contributed by atoms with Gasteiger partial charge in [0.15, 0.2) is 5.84 Å². The fourth-order valence-corrected chi connectivity index (χ4v) is 6.77. The molecule has 9 aromatic rings. The third kappa shape index (κ3) is 4.80. The van der Waals surface area contributed by atoms with Crippen LogP contribution in [-0.4, -0.2) is 16.2 Å². The molecule has 0 bridgehead atoms. The first kappa shape index (κ1) is 12.3. The molecule has 0 aliphatic carbocycles. The molecule has 0 saturated heterocycles. The maximum absolute atomic E-state index is 9.52. The first-order valence-electron chi connectivity index (χ1n) is 28.8. The number of hydrogen-bond acceptors (Lipinski definition) is 3. The molecule has 236 valence electrons. The van der Waals surface area contributed by atoms with E-state index in [-0.39, 0.29) is 36.5 Å². The van der Waals surface area contributed by atoms with Crippen LogP contribution in [-0.2, 0) is 0 Å². The summed E-state index contributed by atoms with van der Waals surface area (Å²) >= 11 is 0.722. The lowest BCUT2D eigenvalue weighted by atomic mass is 9.96. The van der Waals surface area contributed by atoms with Crippen LogP contribution in [0.1, 0.15) is 62.0 Å². The molecule has 0 N–H and O–H groups in total. The Morgan fingerprint density at radius 3 is 1.96 bits per heavy atom. The fraction of sp³-hybridized carbons (Fsp3) is 0.0435. The van der Waals surface area contributed by atoms with Crippen molar-refractivity contribution in [2.24, 2.45) is 9.98 Å². The van der Waals surface area contributed by atoms with Crippen LogP contribution in [0.4, 0.5) is 0 Å². The molecule has 1 atom stereocenters. The Hall–Kier alpha value is -6.10. The monoisotopic (exact) mass is 685 g/mol. The van der Waals surface area contributed by atoms with Crippen molar-refractivity contribution in [1.82, 2.24) is 4.57 Å². The molecular weight excluding hydrogens is 627 g/mol. The Balaban J connectivity index is 1.34.